The van der Waals surface area contributed by atoms with E-state index in [1.54, 1.807) is 18.2 Å². The van der Waals surface area contributed by atoms with E-state index in [1.165, 1.54) is 0 Å². The first-order valence-electron chi connectivity index (χ1n) is 8.18. The van der Waals surface area contributed by atoms with Gasteiger partial charge >= 0.3 is 5.97 Å². The second-order valence-corrected chi connectivity index (χ2v) is 5.94. The van der Waals surface area contributed by atoms with E-state index in [0.29, 0.717) is 17.7 Å². The number of carboxylic acids is 1. The van der Waals surface area contributed by atoms with Crippen molar-refractivity contribution in [2.75, 3.05) is 0 Å². The molecule has 130 valence electrons. The van der Waals surface area contributed by atoms with Gasteiger partial charge in [0.1, 0.15) is 11.5 Å². The van der Waals surface area contributed by atoms with Crippen LogP contribution in [-0.4, -0.2) is 26.8 Å². The number of carbonyl (C=O) groups excluding carboxylic acids is 1. The van der Waals surface area contributed by atoms with Crippen molar-refractivity contribution in [3.63, 3.8) is 0 Å². The lowest BCUT2D eigenvalue weighted by Gasteiger charge is -2.00. The summed E-state index contributed by atoms with van der Waals surface area (Å²) in [5, 5.41) is 8.65. The molecular formula is C21H18N2O3. The number of carboxylic acid groups (broad SMARTS) is 1. The molecule has 0 bridgehead atoms. The topological polar surface area (TPSA) is 83.1 Å². The first-order chi connectivity index (χ1) is 12.5. The Balaban J connectivity index is 1.75. The average Bonchev–Trinajstić information content (AvgIpc) is 3.01. The lowest BCUT2D eigenvalue weighted by molar-refractivity contribution is -0.131. The lowest BCUT2D eigenvalue weighted by Crippen LogP contribution is -2.03. The van der Waals surface area contributed by atoms with Gasteiger partial charge < -0.3 is 10.1 Å². The van der Waals surface area contributed by atoms with Crippen LogP contribution < -0.4 is 0 Å². The number of aryl methyl sites for hydroxylation is 1. The van der Waals surface area contributed by atoms with E-state index in [0.717, 1.165) is 28.7 Å². The summed E-state index contributed by atoms with van der Waals surface area (Å²) in [6, 6.07) is 16.6. The minimum absolute atomic E-state index is 0.0974. The van der Waals surface area contributed by atoms with Gasteiger partial charge in [0, 0.05) is 23.8 Å². The Morgan fingerprint density at radius 2 is 1.77 bits per heavy atom. The molecule has 5 heteroatoms. The number of aliphatic carboxylic acids is 1. The molecule has 0 unspecified atom stereocenters. The molecule has 0 saturated carbocycles. The predicted octanol–water partition coefficient (Wildman–Crippen LogP) is 3.64. The van der Waals surface area contributed by atoms with Crippen LogP contribution >= 0.6 is 0 Å². The lowest BCUT2D eigenvalue weighted by atomic mass is 10.1. The summed E-state index contributed by atoms with van der Waals surface area (Å²) in [5.41, 5.74) is 3.63. The Labute approximate surface area is 151 Å². The van der Waals surface area contributed by atoms with Gasteiger partial charge in [0.15, 0.2) is 0 Å². The van der Waals surface area contributed by atoms with Crippen LogP contribution in [0.15, 0.2) is 60.7 Å². The molecule has 3 rings (SSSR count). The molecule has 0 radical (unpaired) electrons. The van der Waals surface area contributed by atoms with Crippen molar-refractivity contribution in [2.24, 2.45) is 0 Å². The van der Waals surface area contributed by atoms with Crippen LogP contribution in [0.1, 0.15) is 38.7 Å². The molecule has 0 fully saturated rings. The standard InChI is InChI=1S/C21H18N2O3/c1-14-20(21(26)17-5-3-2-4-6-17)23-18(22-14)13-16-9-7-15(8-10-16)11-12-19(24)25/h2-12H,13H2,1H3,(H,22,23)(H,24,25). The molecule has 0 aliphatic rings. The van der Waals surface area contributed by atoms with Gasteiger partial charge in [-0.3, -0.25) is 4.79 Å². The van der Waals surface area contributed by atoms with Gasteiger partial charge in [-0.05, 0) is 24.1 Å². The minimum atomic E-state index is -0.976. The molecule has 0 amide bonds. The SMILES string of the molecule is Cc1[nH]c(Cc2ccc(C=CC(=O)O)cc2)nc1C(=O)c1ccccc1. The molecular weight excluding hydrogens is 328 g/mol. The number of carbonyl (C=O) groups is 2. The maximum absolute atomic E-state index is 12.6. The van der Waals surface area contributed by atoms with E-state index in [-0.39, 0.29) is 5.78 Å². The van der Waals surface area contributed by atoms with Crippen molar-refractivity contribution >= 4 is 17.8 Å². The number of rotatable bonds is 6. The Morgan fingerprint density at radius 3 is 2.42 bits per heavy atom. The highest BCUT2D eigenvalue weighted by molar-refractivity contribution is 6.08. The van der Waals surface area contributed by atoms with Crippen molar-refractivity contribution < 1.29 is 14.7 Å². The number of hydrogen-bond donors (Lipinski definition) is 2. The number of H-pyrrole nitrogens is 1. The Morgan fingerprint density at radius 1 is 1.08 bits per heavy atom. The molecule has 0 aliphatic carbocycles. The van der Waals surface area contributed by atoms with Crippen LogP contribution in [-0.2, 0) is 11.2 Å². The summed E-state index contributed by atoms with van der Waals surface area (Å²) in [6.07, 6.45) is 3.21. The number of aromatic amines is 1. The Hall–Kier alpha value is -3.47. The zero-order valence-electron chi connectivity index (χ0n) is 14.3. The van der Waals surface area contributed by atoms with E-state index in [4.69, 9.17) is 5.11 Å². The fraction of sp³-hybridized carbons (Fsp3) is 0.0952. The summed E-state index contributed by atoms with van der Waals surface area (Å²) in [5.74, 6) is -0.355. The highest BCUT2D eigenvalue weighted by Gasteiger charge is 2.16. The van der Waals surface area contributed by atoms with Crippen molar-refractivity contribution in [1.82, 2.24) is 9.97 Å². The monoisotopic (exact) mass is 346 g/mol. The zero-order chi connectivity index (χ0) is 18.5. The highest BCUT2D eigenvalue weighted by Crippen LogP contribution is 2.15. The molecule has 0 atom stereocenters. The third-order valence-electron chi connectivity index (χ3n) is 3.95. The van der Waals surface area contributed by atoms with Crippen molar-refractivity contribution in [3.8, 4) is 0 Å². The first-order valence-corrected chi connectivity index (χ1v) is 8.18. The summed E-state index contributed by atoms with van der Waals surface area (Å²) in [7, 11) is 0. The molecule has 5 nitrogen and oxygen atoms in total. The zero-order valence-corrected chi connectivity index (χ0v) is 14.3. The number of imidazole rings is 1. The number of benzene rings is 2. The third-order valence-corrected chi connectivity index (χ3v) is 3.95. The second kappa shape index (κ2) is 7.61. The van der Waals surface area contributed by atoms with Crippen LogP contribution in [0.4, 0.5) is 0 Å². The number of aromatic nitrogens is 2. The van der Waals surface area contributed by atoms with Gasteiger partial charge in [-0.1, -0.05) is 54.6 Å². The van der Waals surface area contributed by atoms with E-state index in [1.807, 2.05) is 49.4 Å². The fourth-order valence-electron chi connectivity index (χ4n) is 2.66. The molecule has 26 heavy (non-hydrogen) atoms. The van der Waals surface area contributed by atoms with Crippen molar-refractivity contribution in [3.05, 3.63) is 94.6 Å². The largest absolute Gasteiger partial charge is 0.478 e. The maximum atomic E-state index is 12.6. The predicted molar refractivity (Wildman–Crippen MR) is 99.1 cm³/mol. The molecule has 1 aromatic heterocycles. The van der Waals surface area contributed by atoms with Crippen LogP contribution in [0, 0.1) is 6.92 Å². The number of nitrogens with one attached hydrogen (secondary N) is 1. The van der Waals surface area contributed by atoms with Gasteiger partial charge in [0.05, 0.1) is 0 Å². The van der Waals surface area contributed by atoms with E-state index in [2.05, 4.69) is 9.97 Å². The van der Waals surface area contributed by atoms with E-state index >= 15 is 0 Å². The number of ketones is 1. The third kappa shape index (κ3) is 4.13. The highest BCUT2D eigenvalue weighted by atomic mass is 16.4. The van der Waals surface area contributed by atoms with Crippen LogP contribution in [0.3, 0.4) is 0 Å². The molecule has 1 heterocycles. The van der Waals surface area contributed by atoms with Crippen molar-refractivity contribution in [1.29, 1.82) is 0 Å². The molecule has 2 aromatic carbocycles. The molecule has 2 N–H and O–H groups in total. The maximum Gasteiger partial charge on any atom is 0.328 e. The summed E-state index contributed by atoms with van der Waals surface area (Å²) < 4.78 is 0. The number of nitrogens with zero attached hydrogens (tertiary/aromatic N) is 1. The Kier molecular flexibility index (Phi) is 5.08. The summed E-state index contributed by atoms with van der Waals surface area (Å²) in [6.45, 7) is 1.84. The minimum Gasteiger partial charge on any atom is -0.478 e. The molecule has 0 spiro atoms. The molecule has 0 saturated heterocycles. The van der Waals surface area contributed by atoms with Gasteiger partial charge in [-0.15, -0.1) is 0 Å². The summed E-state index contributed by atoms with van der Waals surface area (Å²) >= 11 is 0. The average molecular weight is 346 g/mol. The van der Waals surface area contributed by atoms with Gasteiger partial charge in [-0.2, -0.15) is 0 Å². The van der Waals surface area contributed by atoms with Gasteiger partial charge in [0.25, 0.3) is 0 Å². The molecule has 3 aromatic rings. The van der Waals surface area contributed by atoms with Crippen LogP contribution in [0.2, 0.25) is 0 Å². The fourth-order valence-corrected chi connectivity index (χ4v) is 2.66. The Bertz CT molecular complexity index is 955. The van der Waals surface area contributed by atoms with Gasteiger partial charge in [-0.25, -0.2) is 9.78 Å². The van der Waals surface area contributed by atoms with E-state index < -0.39 is 5.97 Å². The summed E-state index contributed by atoms with van der Waals surface area (Å²) in [4.78, 5) is 30.8. The second-order valence-electron chi connectivity index (χ2n) is 5.94. The smallest absolute Gasteiger partial charge is 0.328 e. The molecule has 0 aliphatic heterocycles. The van der Waals surface area contributed by atoms with Crippen molar-refractivity contribution in [2.45, 2.75) is 13.3 Å². The van der Waals surface area contributed by atoms with Crippen LogP contribution in [0.25, 0.3) is 6.08 Å². The van der Waals surface area contributed by atoms with E-state index in [9.17, 15) is 9.59 Å². The first kappa shape index (κ1) is 17.4. The quantitative estimate of drug-likeness (QED) is 0.527. The van der Waals surface area contributed by atoms with Gasteiger partial charge in [0.2, 0.25) is 5.78 Å². The normalized spacial score (nSPS) is 11.0. The number of hydrogen-bond acceptors (Lipinski definition) is 3. The van der Waals surface area contributed by atoms with Crippen LogP contribution in [0.5, 0.6) is 0 Å².